The molecule has 0 radical (unpaired) electrons. The largest absolute Gasteiger partial charge is 0.272 e. The smallest absolute Gasteiger partial charge is 0.250 e. The van der Waals surface area contributed by atoms with Crippen LogP contribution < -0.4 is 5.43 Å². The van der Waals surface area contributed by atoms with Gasteiger partial charge in [-0.05, 0) is 38.1 Å². The van der Waals surface area contributed by atoms with Crippen molar-refractivity contribution in [2.24, 2.45) is 5.10 Å². The molecule has 0 aliphatic rings. The van der Waals surface area contributed by atoms with E-state index in [9.17, 15) is 4.79 Å². The molecule has 1 amide bonds. The first-order valence-corrected chi connectivity index (χ1v) is 11.5. The van der Waals surface area contributed by atoms with Crippen LogP contribution in [0.4, 0.5) is 0 Å². The van der Waals surface area contributed by atoms with Gasteiger partial charge in [0, 0.05) is 21.0 Å². The number of aromatic nitrogens is 3. The van der Waals surface area contributed by atoms with Crippen molar-refractivity contribution in [3.63, 3.8) is 0 Å². The Kier molecular flexibility index (Phi) is 6.59. The van der Waals surface area contributed by atoms with Crippen molar-refractivity contribution in [1.29, 1.82) is 0 Å². The van der Waals surface area contributed by atoms with E-state index in [0.717, 1.165) is 22.0 Å². The first-order chi connectivity index (χ1) is 15.1. The van der Waals surface area contributed by atoms with E-state index < -0.39 is 0 Å². The molecule has 4 aromatic rings. The van der Waals surface area contributed by atoms with E-state index in [-0.39, 0.29) is 11.7 Å². The zero-order chi connectivity index (χ0) is 21.6. The Balaban J connectivity index is 1.50. The SMILES string of the molecule is Cc1ccc(-c2nnc(SCC(=O)N/N=C\c3ccc(C)s3)n2-c2ccccc2)cc1. The number of hydrazone groups is 1. The Labute approximate surface area is 189 Å². The van der Waals surface area contributed by atoms with Crippen LogP contribution in [0.2, 0.25) is 0 Å². The van der Waals surface area contributed by atoms with Gasteiger partial charge in [-0.25, -0.2) is 5.43 Å². The Morgan fingerprint density at radius 2 is 1.84 bits per heavy atom. The van der Waals surface area contributed by atoms with Gasteiger partial charge in [-0.2, -0.15) is 5.10 Å². The molecule has 6 nitrogen and oxygen atoms in total. The van der Waals surface area contributed by atoms with Crippen molar-refractivity contribution in [3.05, 3.63) is 82.0 Å². The third-order valence-corrected chi connectivity index (χ3v) is 6.30. The number of thiophene rings is 1. The van der Waals surface area contributed by atoms with Gasteiger partial charge in [0.2, 0.25) is 0 Å². The molecule has 31 heavy (non-hydrogen) atoms. The molecule has 0 unspecified atom stereocenters. The van der Waals surface area contributed by atoms with E-state index in [1.807, 2.05) is 85.1 Å². The first kappa shape index (κ1) is 21.0. The van der Waals surface area contributed by atoms with Crippen molar-refractivity contribution < 1.29 is 4.79 Å². The van der Waals surface area contributed by atoms with Gasteiger partial charge < -0.3 is 0 Å². The van der Waals surface area contributed by atoms with Gasteiger partial charge >= 0.3 is 0 Å². The lowest BCUT2D eigenvalue weighted by Gasteiger charge is -2.10. The van der Waals surface area contributed by atoms with Crippen LogP contribution in [0, 0.1) is 13.8 Å². The quantitative estimate of drug-likeness (QED) is 0.250. The van der Waals surface area contributed by atoms with Gasteiger partial charge in [0.15, 0.2) is 11.0 Å². The molecule has 0 saturated heterocycles. The summed E-state index contributed by atoms with van der Waals surface area (Å²) in [6, 6.07) is 22.0. The highest BCUT2D eigenvalue weighted by Crippen LogP contribution is 2.28. The normalized spacial score (nSPS) is 11.2. The lowest BCUT2D eigenvalue weighted by Crippen LogP contribution is -2.19. The Morgan fingerprint density at radius 3 is 2.55 bits per heavy atom. The number of rotatable bonds is 7. The molecule has 1 N–H and O–H groups in total. The number of benzene rings is 2. The average Bonchev–Trinajstić information content (AvgIpc) is 3.39. The molecule has 8 heteroatoms. The van der Waals surface area contributed by atoms with E-state index in [1.54, 1.807) is 17.6 Å². The topological polar surface area (TPSA) is 72.2 Å². The molecular formula is C23H21N5OS2. The second-order valence-electron chi connectivity index (χ2n) is 6.87. The average molecular weight is 448 g/mol. The number of amides is 1. The fourth-order valence-electron chi connectivity index (χ4n) is 2.92. The summed E-state index contributed by atoms with van der Waals surface area (Å²) < 4.78 is 1.97. The predicted octanol–water partition coefficient (Wildman–Crippen LogP) is 4.86. The van der Waals surface area contributed by atoms with Crippen molar-refractivity contribution in [1.82, 2.24) is 20.2 Å². The van der Waals surface area contributed by atoms with Crippen molar-refractivity contribution >= 4 is 35.2 Å². The summed E-state index contributed by atoms with van der Waals surface area (Å²) in [4.78, 5) is 14.5. The molecule has 0 saturated carbocycles. The van der Waals surface area contributed by atoms with E-state index in [2.05, 4.69) is 20.7 Å². The zero-order valence-electron chi connectivity index (χ0n) is 17.1. The van der Waals surface area contributed by atoms with Gasteiger partial charge in [-0.15, -0.1) is 21.5 Å². The monoisotopic (exact) mass is 447 g/mol. The third-order valence-electron chi connectivity index (χ3n) is 4.43. The number of nitrogens with zero attached hydrogens (tertiary/aromatic N) is 4. The second-order valence-corrected chi connectivity index (χ2v) is 9.14. The Bertz CT molecular complexity index is 1200. The van der Waals surface area contributed by atoms with Gasteiger partial charge in [0.1, 0.15) is 0 Å². The number of hydrogen-bond acceptors (Lipinski definition) is 6. The van der Waals surface area contributed by atoms with Crippen LogP contribution in [0.1, 0.15) is 15.3 Å². The molecular weight excluding hydrogens is 426 g/mol. The first-order valence-electron chi connectivity index (χ1n) is 9.69. The number of aryl methyl sites for hydroxylation is 2. The number of carbonyl (C=O) groups excluding carboxylic acids is 1. The summed E-state index contributed by atoms with van der Waals surface area (Å²) in [5, 5.41) is 13.4. The van der Waals surface area contributed by atoms with Gasteiger partial charge in [0.25, 0.3) is 5.91 Å². The van der Waals surface area contributed by atoms with Crippen LogP contribution in [0.25, 0.3) is 17.1 Å². The molecule has 156 valence electrons. The minimum atomic E-state index is -0.200. The molecule has 0 fully saturated rings. The lowest BCUT2D eigenvalue weighted by molar-refractivity contribution is -0.118. The maximum absolute atomic E-state index is 12.3. The second kappa shape index (κ2) is 9.72. The summed E-state index contributed by atoms with van der Waals surface area (Å²) in [6.45, 7) is 4.08. The highest BCUT2D eigenvalue weighted by molar-refractivity contribution is 7.99. The van der Waals surface area contributed by atoms with E-state index in [1.165, 1.54) is 22.2 Å². The third kappa shape index (κ3) is 5.28. The van der Waals surface area contributed by atoms with Crippen LogP contribution >= 0.6 is 23.1 Å². The summed E-state index contributed by atoms with van der Waals surface area (Å²) in [5.41, 5.74) is 5.66. The molecule has 0 aliphatic heterocycles. The standard InChI is InChI=1S/C23H21N5OS2/c1-16-8-11-18(12-9-16)22-26-27-23(28(22)19-6-4-3-5-7-19)30-15-21(29)25-24-14-20-13-10-17(2)31-20/h3-14H,15H2,1-2H3,(H,25,29)/b24-14-. The zero-order valence-corrected chi connectivity index (χ0v) is 18.8. The molecule has 0 atom stereocenters. The van der Waals surface area contributed by atoms with Gasteiger partial charge in [0.05, 0.1) is 12.0 Å². The van der Waals surface area contributed by atoms with Crippen LogP contribution in [0.5, 0.6) is 0 Å². The number of para-hydroxylation sites is 1. The number of carbonyl (C=O) groups is 1. The molecule has 2 aromatic carbocycles. The molecule has 0 bridgehead atoms. The summed E-state index contributed by atoms with van der Waals surface area (Å²) in [7, 11) is 0. The maximum Gasteiger partial charge on any atom is 0.250 e. The van der Waals surface area contributed by atoms with Gasteiger partial charge in [-0.1, -0.05) is 59.8 Å². The minimum absolute atomic E-state index is 0.180. The van der Waals surface area contributed by atoms with Crippen LogP contribution in [-0.4, -0.2) is 32.6 Å². The fraction of sp³-hybridized carbons (Fsp3) is 0.130. The lowest BCUT2D eigenvalue weighted by atomic mass is 10.1. The van der Waals surface area contributed by atoms with Crippen LogP contribution in [0.15, 0.2) is 77.0 Å². The van der Waals surface area contributed by atoms with E-state index in [0.29, 0.717) is 5.16 Å². The Hall–Kier alpha value is -3.23. The summed E-state index contributed by atoms with van der Waals surface area (Å²) in [5.74, 6) is 0.717. The summed E-state index contributed by atoms with van der Waals surface area (Å²) in [6.07, 6.45) is 1.65. The van der Waals surface area contributed by atoms with Gasteiger partial charge in [-0.3, -0.25) is 9.36 Å². The molecule has 0 aliphatic carbocycles. The number of thioether (sulfide) groups is 1. The number of hydrogen-bond donors (Lipinski definition) is 1. The Morgan fingerprint density at radius 1 is 1.06 bits per heavy atom. The van der Waals surface area contributed by atoms with Crippen LogP contribution in [-0.2, 0) is 4.79 Å². The molecule has 4 rings (SSSR count). The van der Waals surface area contributed by atoms with Crippen LogP contribution in [0.3, 0.4) is 0 Å². The molecule has 2 aromatic heterocycles. The predicted molar refractivity (Wildman–Crippen MR) is 127 cm³/mol. The maximum atomic E-state index is 12.3. The molecule has 2 heterocycles. The number of nitrogens with one attached hydrogen (secondary N) is 1. The minimum Gasteiger partial charge on any atom is -0.272 e. The van der Waals surface area contributed by atoms with E-state index >= 15 is 0 Å². The summed E-state index contributed by atoms with van der Waals surface area (Å²) >= 11 is 2.95. The van der Waals surface area contributed by atoms with Crippen molar-refractivity contribution in [3.8, 4) is 17.1 Å². The molecule has 0 spiro atoms. The van der Waals surface area contributed by atoms with Crippen molar-refractivity contribution in [2.45, 2.75) is 19.0 Å². The van der Waals surface area contributed by atoms with Crippen molar-refractivity contribution in [2.75, 3.05) is 5.75 Å². The highest BCUT2D eigenvalue weighted by Gasteiger charge is 2.17. The van der Waals surface area contributed by atoms with E-state index in [4.69, 9.17) is 0 Å². The fourth-order valence-corrected chi connectivity index (χ4v) is 4.41. The highest BCUT2D eigenvalue weighted by atomic mass is 32.2.